The van der Waals surface area contributed by atoms with Gasteiger partial charge in [0.15, 0.2) is 11.6 Å². The van der Waals surface area contributed by atoms with Crippen molar-refractivity contribution in [2.75, 3.05) is 22.7 Å². The lowest BCUT2D eigenvalue weighted by atomic mass is 10.0. The van der Waals surface area contributed by atoms with Crippen molar-refractivity contribution in [3.05, 3.63) is 6.33 Å². The zero-order valence-corrected chi connectivity index (χ0v) is 9.35. The van der Waals surface area contributed by atoms with Gasteiger partial charge in [0.25, 0.3) is 0 Å². The Balaban J connectivity index is 2.34. The molecule has 0 saturated carbocycles. The zero-order chi connectivity index (χ0) is 11.5. The predicted octanol–water partition coefficient (Wildman–Crippen LogP) is 1.24. The van der Waals surface area contributed by atoms with Crippen molar-refractivity contribution in [3.8, 4) is 0 Å². The molecule has 1 aromatic heterocycles. The molecule has 2 heterocycles. The molecular formula is C10H17N5O. The highest BCUT2D eigenvalue weighted by molar-refractivity contribution is 5.75. The van der Waals surface area contributed by atoms with Gasteiger partial charge in [-0.05, 0) is 26.2 Å². The number of anilines is 3. The van der Waals surface area contributed by atoms with E-state index in [-0.39, 0.29) is 5.82 Å². The summed E-state index contributed by atoms with van der Waals surface area (Å²) in [5.41, 5.74) is 8.17. The van der Waals surface area contributed by atoms with Crippen molar-refractivity contribution in [2.45, 2.75) is 32.2 Å². The van der Waals surface area contributed by atoms with E-state index in [0.717, 1.165) is 19.4 Å². The van der Waals surface area contributed by atoms with Crippen LogP contribution in [0.3, 0.4) is 0 Å². The van der Waals surface area contributed by atoms with Crippen molar-refractivity contribution < 1.29 is 5.21 Å². The molecule has 0 spiro atoms. The molecule has 1 unspecified atom stereocenters. The third-order valence-corrected chi connectivity index (χ3v) is 3.04. The molecule has 1 aromatic rings. The van der Waals surface area contributed by atoms with Gasteiger partial charge in [0.05, 0.1) is 0 Å². The average molecular weight is 223 g/mol. The zero-order valence-electron chi connectivity index (χ0n) is 9.35. The standard InChI is InChI=1S/C10H17N5O/c1-7-4-2-3-5-15(7)10-8(14-16)9(11)12-6-13-10/h6-7,14,16H,2-5H2,1H3,(H2,11,12,13). The minimum Gasteiger partial charge on any atom is -0.382 e. The number of aromatic nitrogens is 2. The van der Waals surface area contributed by atoms with E-state index in [0.29, 0.717) is 17.5 Å². The van der Waals surface area contributed by atoms with Crippen molar-refractivity contribution in [2.24, 2.45) is 0 Å². The van der Waals surface area contributed by atoms with Crippen molar-refractivity contribution in [3.63, 3.8) is 0 Å². The summed E-state index contributed by atoms with van der Waals surface area (Å²) in [4.78, 5) is 10.2. The summed E-state index contributed by atoms with van der Waals surface area (Å²) >= 11 is 0. The fraction of sp³-hybridized carbons (Fsp3) is 0.600. The Morgan fingerprint density at radius 2 is 2.31 bits per heavy atom. The maximum atomic E-state index is 9.08. The molecule has 1 aliphatic rings. The van der Waals surface area contributed by atoms with Gasteiger partial charge in [-0.15, -0.1) is 0 Å². The normalized spacial score (nSPS) is 20.9. The highest BCUT2D eigenvalue weighted by Gasteiger charge is 2.23. The summed E-state index contributed by atoms with van der Waals surface area (Å²) in [6.45, 7) is 3.09. The van der Waals surface area contributed by atoms with E-state index in [2.05, 4.69) is 27.3 Å². The molecular weight excluding hydrogens is 206 g/mol. The molecule has 0 aliphatic carbocycles. The maximum Gasteiger partial charge on any atom is 0.160 e. The summed E-state index contributed by atoms with van der Waals surface area (Å²) in [6.07, 6.45) is 4.93. The molecule has 16 heavy (non-hydrogen) atoms. The summed E-state index contributed by atoms with van der Waals surface area (Å²) in [7, 11) is 0. The third-order valence-electron chi connectivity index (χ3n) is 3.04. The van der Waals surface area contributed by atoms with Crippen molar-refractivity contribution in [1.82, 2.24) is 9.97 Å². The SMILES string of the molecule is CC1CCCCN1c1ncnc(N)c1NO. The molecule has 1 saturated heterocycles. The van der Waals surface area contributed by atoms with E-state index in [9.17, 15) is 0 Å². The largest absolute Gasteiger partial charge is 0.382 e. The molecule has 1 atom stereocenters. The van der Waals surface area contributed by atoms with Crippen LogP contribution >= 0.6 is 0 Å². The molecule has 0 bridgehead atoms. The van der Waals surface area contributed by atoms with Crippen LogP contribution in [0.4, 0.5) is 17.3 Å². The fourth-order valence-corrected chi connectivity index (χ4v) is 2.13. The van der Waals surface area contributed by atoms with Crippen LogP contribution < -0.4 is 16.1 Å². The van der Waals surface area contributed by atoms with E-state index in [1.54, 1.807) is 0 Å². The first kappa shape index (κ1) is 10.9. The van der Waals surface area contributed by atoms with Crippen molar-refractivity contribution >= 4 is 17.3 Å². The number of nitrogens with one attached hydrogen (secondary N) is 1. The second kappa shape index (κ2) is 4.52. The molecule has 4 N–H and O–H groups in total. The van der Waals surface area contributed by atoms with Gasteiger partial charge < -0.3 is 10.6 Å². The molecule has 1 aliphatic heterocycles. The van der Waals surface area contributed by atoms with E-state index in [1.807, 2.05) is 0 Å². The molecule has 1 fully saturated rings. The number of rotatable bonds is 2. The Labute approximate surface area is 94.5 Å². The first-order chi connectivity index (χ1) is 7.74. The van der Waals surface area contributed by atoms with Crippen LogP contribution in [-0.2, 0) is 0 Å². The Morgan fingerprint density at radius 1 is 1.50 bits per heavy atom. The second-order valence-electron chi connectivity index (χ2n) is 4.11. The number of nitrogens with zero attached hydrogens (tertiary/aromatic N) is 3. The highest BCUT2D eigenvalue weighted by atomic mass is 16.5. The lowest BCUT2D eigenvalue weighted by Crippen LogP contribution is -2.38. The van der Waals surface area contributed by atoms with Crippen LogP contribution in [0.1, 0.15) is 26.2 Å². The summed E-state index contributed by atoms with van der Waals surface area (Å²) < 4.78 is 0. The van der Waals surface area contributed by atoms with Gasteiger partial charge in [-0.1, -0.05) is 0 Å². The van der Waals surface area contributed by atoms with Gasteiger partial charge in [-0.2, -0.15) is 0 Å². The monoisotopic (exact) mass is 223 g/mol. The molecule has 2 rings (SSSR count). The smallest absolute Gasteiger partial charge is 0.160 e. The summed E-state index contributed by atoms with van der Waals surface area (Å²) in [5, 5.41) is 9.08. The Morgan fingerprint density at radius 3 is 3.00 bits per heavy atom. The molecule has 6 nitrogen and oxygen atoms in total. The van der Waals surface area contributed by atoms with E-state index >= 15 is 0 Å². The Hall–Kier alpha value is -1.56. The minimum absolute atomic E-state index is 0.269. The van der Waals surface area contributed by atoms with Gasteiger partial charge in [0.1, 0.15) is 12.0 Å². The maximum absolute atomic E-state index is 9.08. The minimum atomic E-state index is 0.269. The topological polar surface area (TPSA) is 87.3 Å². The fourth-order valence-electron chi connectivity index (χ4n) is 2.13. The van der Waals surface area contributed by atoms with Crippen LogP contribution in [-0.4, -0.2) is 27.8 Å². The Kier molecular flexibility index (Phi) is 3.09. The second-order valence-corrected chi connectivity index (χ2v) is 4.11. The summed E-state index contributed by atoms with van der Waals surface area (Å²) in [6, 6.07) is 0.412. The number of hydrogen-bond acceptors (Lipinski definition) is 6. The van der Waals surface area contributed by atoms with Crippen LogP contribution in [0.25, 0.3) is 0 Å². The number of piperidine rings is 1. The lowest BCUT2D eigenvalue weighted by molar-refractivity contribution is 0.387. The quantitative estimate of drug-likeness (QED) is 0.654. The predicted molar refractivity (Wildman–Crippen MR) is 62.5 cm³/mol. The third kappa shape index (κ3) is 1.88. The molecule has 6 heteroatoms. The van der Waals surface area contributed by atoms with Crippen LogP contribution in [0.5, 0.6) is 0 Å². The number of nitrogens with two attached hydrogens (primary N) is 1. The van der Waals surface area contributed by atoms with Gasteiger partial charge in [-0.3, -0.25) is 10.7 Å². The van der Waals surface area contributed by atoms with Gasteiger partial charge in [0.2, 0.25) is 0 Å². The average Bonchev–Trinajstić information content (AvgIpc) is 2.29. The van der Waals surface area contributed by atoms with Crippen LogP contribution in [0, 0.1) is 0 Å². The highest BCUT2D eigenvalue weighted by Crippen LogP contribution is 2.31. The molecule has 88 valence electrons. The lowest BCUT2D eigenvalue weighted by Gasteiger charge is -2.35. The molecule has 0 aromatic carbocycles. The molecule has 0 radical (unpaired) electrons. The van der Waals surface area contributed by atoms with Crippen LogP contribution in [0.15, 0.2) is 6.33 Å². The van der Waals surface area contributed by atoms with Gasteiger partial charge in [0, 0.05) is 12.6 Å². The first-order valence-electron chi connectivity index (χ1n) is 5.51. The van der Waals surface area contributed by atoms with Gasteiger partial charge in [-0.25, -0.2) is 9.97 Å². The Bertz CT molecular complexity index is 370. The van der Waals surface area contributed by atoms with Crippen molar-refractivity contribution in [1.29, 1.82) is 0 Å². The van der Waals surface area contributed by atoms with E-state index in [1.165, 1.54) is 12.7 Å². The number of hydrogen-bond donors (Lipinski definition) is 3. The number of nitrogen functional groups attached to an aromatic ring is 1. The summed E-state index contributed by atoms with van der Waals surface area (Å²) in [5.74, 6) is 0.951. The van der Waals surface area contributed by atoms with E-state index < -0.39 is 0 Å². The van der Waals surface area contributed by atoms with Gasteiger partial charge >= 0.3 is 0 Å². The van der Waals surface area contributed by atoms with E-state index in [4.69, 9.17) is 10.9 Å². The van der Waals surface area contributed by atoms with Crippen LogP contribution in [0.2, 0.25) is 0 Å². The first-order valence-corrected chi connectivity index (χ1v) is 5.51. The molecule has 0 amide bonds.